The molecule has 5 N–H and O–H groups in total. The van der Waals surface area contributed by atoms with E-state index in [1.807, 2.05) is 39.0 Å². The van der Waals surface area contributed by atoms with Crippen molar-refractivity contribution in [2.45, 2.75) is 46.1 Å². The first-order chi connectivity index (χ1) is 18.7. The predicted octanol–water partition coefficient (Wildman–Crippen LogP) is 5.74. The molecule has 0 aromatic heterocycles. The molecule has 0 aliphatic rings. The monoisotopic (exact) mass is 539 g/mol. The molecule has 0 aliphatic heterocycles. The number of halogens is 1. The van der Waals surface area contributed by atoms with E-state index >= 15 is 0 Å². The fourth-order valence-corrected chi connectivity index (χ4v) is 3.79. The summed E-state index contributed by atoms with van der Waals surface area (Å²) in [5.41, 5.74) is 2.46. The van der Waals surface area contributed by atoms with Crippen LogP contribution in [0.25, 0.3) is 0 Å². The number of carbonyl (C=O) groups is 2. The fourth-order valence-electron chi connectivity index (χ4n) is 3.79. The standard InChI is InChI=1S/C29H34FN3O6/c1-4-5-6-26(39-25-12-7-18(2)15-19(25)3)28(36)32-23-16-24(35)22(17-27(23)38-14-13-34)33-29(37)31-21-10-8-20(30)9-11-21/h7-12,15-17,26,34-35H,4-6,13-14H2,1-3H3,(H,32,36)(H2,31,33,37). The topological polar surface area (TPSA) is 129 Å². The summed E-state index contributed by atoms with van der Waals surface area (Å²) in [5, 5.41) is 27.6. The molecule has 3 amide bonds. The Morgan fingerprint density at radius 3 is 2.36 bits per heavy atom. The third-order valence-corrected chi connectivity index (χ3v) is 5.77. The molecule has 39 heavy (non-hydrogen) atoms. The highest BCUT2D eigenvalue weighted by atomic mass is 19.1. The smallest absolute Gasteiger partial charge is 0.323 e. The number of hydrogen-bond donors (Lipinski definition) is 5. The van der Waals surface area contributed by atoms with Crippen LogP contribution in [0.4, 0.5) is 26.2 Å². The average molecular weight is 540 g/mol. The number of carbonyl (C=O) groups excluding carboxylic acids is 2. The van der Waals surface area contributed by atoms with E-state index in [4.69, 9.17) is 9.47 Å². The van der Waals surface area contributed by atoms with Crippen molar-refractivity contribution in [3.63, 3.8) is 0 Å². The normalized spacial score (nSPS) is 11.4. The largest absolute Gasteiger partial charge is 0.506 e. The Morgan fingerprint density at radius 1 is 0.949 bits per heavy atom. The zero-order valence-corrected chi connectivity index (χ0v) is 22.2. The number of unbranched alkanes of at least 4 members (excludes halogenated alkanes) is 1. The molecule has 0 spiro atoms. The summed E-state index contributed by atoms with van der Waals surface area (Å²) in [7, 11) is 0. The quantitative estimate of drug-likeness (QED) is 0.187. The minimum absolute atomic E-state index is 0.00499. The molecule has 3 aromatic rings. The van der Waals surface area contributed by atoms with E-state index in [-0.39, 0.29) is 36.1 Å². The second-order valence-corrected chi connectivity index (χ2v) is 9.03. The van der Waals surface area contributed by atoms with E-state index in [2.05, 4.69) is 16.0 Å². The molecule has 1 atom stereocenters. The Kier molecular flexibility index (Phi) is 10.5. The highest BCUT2D eigenvalue weighted by Gasteiger charge is 2.23. The van der Waals surface area contributed by atoms with E-state index in [0.717, 1.165) is 24.0 Å². The molecular formula is C29H34FN3O6. The number of aliphatic hydroxyl groups excluding tert-OH is 1. The Labute approximate surface area is 227 Å². The van der Waals surface area contributed by atoms with Crippen molar-refractivity contribution in [3.8, 4) is 17.2 Å². The van der Waals surface area contributed by atoms with E-state index in [0.29, 0.717) is 17.9 Å². The Balaban J connectivity index is 1.80. The predicted molar refractivity (Wildman–Crippen MR) is 148 cm³/mol. The van der Waals surface area contributed by atoms with Crippen LogP contribution in [0.15, 0.2) is 54.6 Å². The summed E-state index contributed by atoms with van der Waals surface area (Å²) in [6.07, 6.45) is 1.29. The van der Waals surface area contributed by atoms with Crippen LogP contribution in [0.5, 0.6) is 17.2 Å². The molecular weight excluding hydrogens is 505 g/mol. The molecule has 1 unspecified atom stereocenters. The van der Waals surface area contributed by atoms with Crippen LogP contribution in [0, 0.1) is 19.7 Å². The number of urea groups is 1. The molecule has 0 bridgehead atoms. The van der Waals surface area contributed by atoms with Gasteiger partial charge in [-0.1, -0.05) is 31.0 Å². The molecule has 0 aliphatic carbocycles. The summed E-state index contributed by atoms with van der Waals surface area (Å²) in [4.78, 5) is 25.7. The van der Waals surface area contributed by atoms with Gasteiger partial charge in [-0.2, -0.15) is 0 Å². The molecule has 9 nitrogen and oxygen atoms in total. The summed E-state index contributed by atoms with van der Waals surface area (Å²) >= 11 is 0. The molecule has 0 fully saturated rings. The van der Waals surface area contributed by atoms with Gasteiger partial charge in [0.05, 0.1) is 18.0 Å². The fraction of sp³-hybridized carbons (Fsp3) is 0.310. The molecule has 208 valence electrons. The number of benzene rings is 3. The molecule has 0 saturated carbocycles. The lowest BCUT2D eigenvalue weighted by Gasteiger charge is -2.21. The van der Waals surface area contributed by atoms with Crippen LogP contribution >= 0.6 is 0 Å². The number of aliphatic hydroxyl groups is 1. The van der Waals surface area contributed by atoms with Crippen molar-refractivity contribution < 1.29 is 33.7 Å². The van der Waals surface area contributed by atoms with Crippen LogP contribution in [0.2, 0.25) is 0 Å². The van der Waals surface area contributed by atoms with Crippen molar-refractivity contribution in [2.75, 3.05) is 29.2 Å². The van der Waals surface area contributed by atoms with Crippen molar-refractivity contribution >= 4 is 29.0 Å². The number of aryl methyl sites for hydroxylation is 2. The Bertz CT molecular complexity index is 1280. The third-order valence-electron chi connectivity index (χ3n) is 5.77. The van der Waals surface area contributed by atoms with E-state index in [9.17, 15) is 24.2 Å². The molecule has 3 rings (SSSR count). The SMILES string of the molecule is CCCCC(Oc1ccc(C)cc1C)C(=O)Nc1cc(O)c(NC(=O)Nc2ccc(F)cc2)cc1OCCO. The van der Waals surface area contributed by atoms with Crippen LogP contribution in [0.3, 0.4) is 0 Å². The number of anilines is 3. The summed E-state index contributed by atoms with van der Waals surface area (Å²) in [6.45, 7) is 5.52. The number of phenolic OH excluding ortho intramolecular Hbond substituents is 1. The first kappa shape index (κ1) is 29.2. The van der Waals surface area contributed by atoms with Gasteiger partial charge in [-0.3, -0.25) is 4.79 Å². The number of hydrogen-bond acceptors (Lipinski definition) is 6. The lowest BCUT2D eigenvalue weighted by atomic mass is 10.1. The number of nitrogens with one attached hydrogen (secondary N) is 3. The molecule has 3 aromatic carbocycles. The zero-order valence-electron chi connectivity index (χ0n) is 22.2. The summed E-state index contributed by atoms with van der Waals surface area (Å²) in [6, 6.07) is 12.8. The first-order valence-electron chi connectivity index (χ1n) is 12.7. The number of phenols is 1. The van der Waals surface area contributed by atoms with Crippen LogP contribution < -0.4 is 25.4 Å². The highest BCUT2D eigenvalue weighted by Crippen LogP contribution is 2.36. The third kappa shape index (κ3) is 8.61. The number of ether oxygens (including phenoxy) is 2. The zero-order chi connectivity index (χ0) is 28.4. The lowest BCUT2D eigenvalue weighted by Crippen LogP contribution is -2.33. The van der Waals surface area contributed by atoms with Crippen LogP contribution in [0.1, 0.15) is 37.3 Å². The van der Waals surface area contributed by atoms with E-state index in [1.165, 1.54) is 36.4 Å². The Hall–Kier alpha value is -4.31. The van der Waals surface area contributed by atoms with Gasteiger partial charge in [-0.25, -0.2) is 9.18 Å². The number of aromatic hydroxyl groups is 1. The Morgan fingerprint density at radius 2 is 1.69 bits per heavy atom. The van der Waals surface area contributed by atoms with E-state index in [1.54, 1.807) is 0 Å². The summed E-state index contributed by atoms with van der Waals surface area (Å²) < 4.78 is 24.8. The van der Waals surface area contributed by atoms with Gasteiger partial charge in [0, 0.05) is 17.8 Å². The molecule has 0 heterocycles. The molecule has 10 heteroatoms. The summed E-state index contributed by atoms with van der Waals surface area (Å²) in [5.74, 6) is -0.503. The lowest BCUT2D eigenvalue weighted by molar-refractivity contribution is -0.123. The van der Waals surface area contributed by atoms with Crippen molar-refractivity contribution in [2.24, 2.45) is 0 Å². The van der Waals surface area contributed by atoms with Crippen LogP contribution in [-0.4, -0.2) is 41.5 Å². The highest BCUT2D eigenvalue weighted by molar-refractivity contribution is 6.02. The van der Waals surface area contributed by atoms with Gasteiger partial charge in [-0.05, 0) is 62.6 Å². The maximum atomic E-state index is 13.3. The van der Waals surface area contributed by atoms with Gasteiger partial charge < -0.3 is 35.6 Å². The van der Waals surface area contributed by atoms with Gasteiger partial charge in [0.15, 0.2) is 6.10 Å². The molecule has 0 radical (unpaired) electrons. The van der Waals surface area contributed by atoms with Crippen molar-refractivity contribution in [1.29, 1.82) is 0 Å². The van der Waals surface area contributed by atoms with Gasteiger partial charge in [0.25, 0.3) is 5.91 Å². The van der Waals surface area contributed by atoms with Crippen molar-refractivity contribution in [3.05, 3.63) is 71.5 Å². The van der Waals surface area contributed by atoms with Gasteiger partial charge in [0.1, 0.15) is 29.7 Å². The molecule has 0 saturated heterocycles. The first-order valence-corrected chi connectivity index (χ1v) is 12.7. The maximum Gasteiger partial charge on any atom is 0.323 e. The number of amides is 3. The van der Waals surface area contributed by atoms with Crippen LogP contribution in [-0.2, 0) is 4.79 Å². The second-order valence-electron chi connectivity index (χ2n) is 9.03. The minimum Gasteiger partial charge on any atom is -0.506 e. The maximum absolute atomic E-state index is 13.3. The van der Waals surface area contributed by atoms with Gasteiger partial charge in [0.2, 0.25) is 0 Å². The van der Waals surface area contributed by atoms with Gasteiger partial charge >= 0.3 is 6.03 Å². The second kappa shape index (κ2) is 14.0. The van der Waals surface area contributed by atoms with Crippen molar-refractivity contribution in [1.82, 2.24) is 0 Å². The number of rotatable bonds is 12. The minimum atomic E-state index is -0.807. The average Bonchev–Trinajstić information content (AvgIpc) is 2.89. The van der Waals surface area contributed by atoms with Gasteiger partial charge in [-0.15, -0.1) is 0 Å². The van der Waals surface area contributed by atoms with E-state index < -0.39 is 23.9 Å².